The molecule has 1 aromatic heterocycles. The molecule has 0 aliphatic carbocycles. The molecule has 1 heterocycles. The quantitative estimate of drug-likeness (QED) is 0.869. The largest absolute Gasteiger partial charge is 0.465 e. The summed E-state index contributed by atoms with van der Waals surface area (Å²) in [6.45, 7) is 2.02. The first-order chi connectivity index (χ1) is 9.54. The van der Waals surface area contributed by atoms with E-state index in [0.717, 1.165) is 11.3 Å². The van der Waals surface area contributed by atoms with E-state index in [0.29, 0.717) is 17.1 Å². The van der Waals surface area contributed by atoms with Crippen molar-refractivity contribution in [1.82, 2.24) is 4.98 Å². The predicted molar refractivity (Wildman–Crippen MR) is 79.2 cm³/mol. The summed E-state index contributed by atoms with van der Waals surface area (Å²) in [5, 5.41) is 0. The van der Waals surface area contributed by atoms with Gasteiger partial charge in [-0.05, 0) is 24.6 Å². The predicted octanol–water partition coefficient (Wildman–Crippen LogP) is 2.53. The first-order valence-electron chi connectivity index (χ1n) is 6.17. The van der Waals surface area contributed by atoms with Crippen LogP contribution in [0.4, 0.5) is 17.2 Å². The highest BCUT2D eigenvalue weighted by Gasteiger charge is 2.15. The van der Waals surface area contributed by atoms with Gasteiger partial charge in [0.25, 0.3) is 0 Å². The van der Waals surface area contributed by atoms with Gasteiger partial charge >= 0.3 is 5.97 Å². The standard InChI is InChI=1S/C15H17N3O2/c1-10-6-4-5-7-13(10)18(2)14-8-11(15(19)20-3)12(16)9-17-14/h4-9H,16H2,1-3H3. The monoisotopic (exact) mass is 271 g/mol. The van der Waals surface area contributed by atoms with Crippen LogP contribution in [0.2, 0.25) is 0 Å². The highest BCUT2D eigenvalue weighted by atomic mass is 16.5. The number of carbonyl (C=O) groups excluding carboxylic acids is 1. The number of carbonyl (C=O) groups is 1. The van der Waals surface area contributed by atoms with Gasteiger partial charge in [0, 0.05) is 12.7 Å². The molecule has 20 heavy (non-hydrogen) atoms. The van der Waals surface area contributed by atoms with Crippen LogP contribution in [0.3, 0.4) is 0 Å². The van der Waals surface area contributed by atoms with Crippen LogP contribution in [0.25, 0.3) is 0 Å². The number of aryl methyl sites for hydroxylation is 1. The summed E-state index contributed by atoms with van der Waals surface area (Å²) in [5.74, 6) is 0.165. The number of hydrogen-bond donors (Lipinski definition) is 1. The third kappa shape index (κ3) is 2.56. The van der Waals surface area contributed by atoms with Crippen LogP contribution >= 0.6 is 0 Å². The van der Waals surface area contributed by atoms with E-state index in [9.17, 15) is 4.79 Å². The Morgan fingerprint density at radius 2 is 2.05 bits per heavy atom. The molecule has 2 N–H and O–H groups in total. The van der Waals surface area contributed by atoms with Gasteiger partial charge in [0.05, 0.1) is 24.6 Å². The van der Waals surface area contributed by atoms with Crippen molar-refractivity contribution in [1.29, 1.82) is 0 Å². The van der Waals surface area contributed by atoms with Crippen molar-refractivity contribution < 1.29 is 9.53 Å². The molecule has 0 amide bonds. The number of aromatic nitrogens is 1. The first-order valence-corrected chi connectivity index (χ1v) is 6.17. The van der Waals surface area contributed by atoms with Gasteiger partial charge in [0.2, 0.25) is 0 Å². The number of nitrogens with zero attached hydrogens (tertiary/aromatic N) is 2. The molecule has 5 heteroatoms. The average molecular weight is 271 g/mol. The van der Waals surface area contributed by atoms with E-state index >= 15 is 0 Å². The Kier molecular flexibility index (Phi) is 3.89. The van der Waals surface area contributed by atoms with Gasteiger partial charge in [-0.1, -0.05) is 18.2 Å². The van der Waals surface area contributed by atoms with E-state index in [2.05, 4.69) is 4.98 Å². The minimum atomic E-state index is -0.468. The summed E-state index contributed by atoms with van der Waals surface area (Å²) >= 11 is 0. The van der Waals surface area contributed by atoms with Gasteiger partial charge in [0.15, 0.2) is 0 Å². The van der Waals surface area contributed by atoms with Crippen molar-refractivity contribution in [2.75, 3.05) is 24.8 Å². The zero-order valence-corrected chi connectivity index (χ0v) is 11.8. The van der Waals surface area contributed by atoms with Crippen LogP contribution in [0.15, 0.2) is 36.5 Å². The molecule has 0 atom stereocenters. The van der Waals surface area contributed by atoms with Crippen molar-refractivity contribution in [2.24, 2.45) is 0 Å². The zero-order chi connectivity index (χ0) is 14.7. The van der Waals surface area contributed by atoms with Crippen molar-refractivity contribution in [3.63, 3.8) is 0 Å². The second-order valence-corrected chi connectivity index (χ2v) is 4.47. The molecule has 0 aliphatic heterocycles. The Hall–Kier alpha value is -2.56. The lowest BCUT2D eigenvalue weighted by molar-refractivity contribution is 0.0602. The molecule has 2 aromatic rings. The van der Waals surface area contributed by atoms with E-state index < -0.39 is 5.97 Å². The fourth-order valence-electron chi connectivity index (χ4n) is 1.99. The number of rotatable bonds is 3. The number of nitrogen functional groups attached to an aromatic ring is 1. The Bertz CT molecular complexity index is 641. The van der Waals surface area contributed by atoms with Crippen molar-refractivity contribution in [2.45, 2.75) is 6.92 Å². The Morgan fingerprint density at radius 3 is 2.70 bits per heavy atom. The Balaban J connectivity index is 2.43. The third-order valence-electron chi connectivity index (χ3n) is 3.15. The van der Waals surface area contributed by atoms with Gasteiger partial charge in [-0.15, -0.1) is 0 Å². The number of para-hydroxylation sites is 1. The van der Waals surface area contributed by atoms with E-state index in [1.807, 2.05) is 43.1 Å². The lowest BCUT2D eigenvalue weighted by Crippen LogP contribution is -2.15. The van der Waals surface area contributed by atoms with Crippen LogP contribution in [-0.2, 0) is 4.74 Å². The Morgan fingerprint density at radius 1 is 1.35 bits per heavy atom. The highest BCUT2D eigenvalue weighted by molar-refractivity contribution is 5.95. The smallest absolute Gasteiger partial charge is 0.340 e. The molecule has 0 bridgehead atoms. The number of nitrogens with two attached hydrogens (primary N) is 1. The van der Waals surface area contributed by atoms with Gasteiger partial charge in [-0.3, -0.25) is 0 Å². The van der Waals surface area contributed by atoms with Gasteiger partial charge in [0.1, 0.15) is 5.82 Å². The number of benzene rings is 1. The second kappa shape index (κ2) is 5.61. The van der Waals surface area contributed by atoms with Crippen LogP contribution in [-0.4, -0.2) is 25.1 Å². The highest BCUT2D eigenvalue weighted by Crippen LogP contribution is 2.27. The minimum absolute atomic E-state index is 0.304. The molecule has 2 rings (SSSR count). The van der Waals surface area contributed by atoms with Crippen LogP contribution in [0.1, 0.15) is 15.9 Å². The van der Waals surface area contributed by atoms with E-state index in [4.69, 9.17) is 10.5 Å². The molecule has 0 aliphatic rings. The normalized spacial score (nSPS) is 10.2. The van der Waals surface area contributed by atoms with E-state index in [1.54, 1.807) is 6.07 Å². The summed E-state index contributed by atoms with van der Waals surface area (Å²) in [4.78, 5) is 17.8. The maximum atomic E-state index is 11.7. The van der Waals surface area contributed by atoms with E-state index in [1.165, 1.54) is 13.3 Å². The molecule has 0 fully saturated rings. The van der Waals surface area contributed by atoms with Gasteiger partial charge < -0.3 is 15.4 Å². The summed E-state index contributed by atoms with van der Waals surface area (Å²) in [5.41, 5.74) is 8.51. The van der Waals surface area contributed by atoms with Crippen LogP contribution in [0, 0.1) is 6.92 Å². The topological polar surface area (TPSA) is 68.5 Å². The minimum Gasteiger partial charge on any atom is -0.465 e. The summed E-state index contributed by atoms with van der Waals surface area (Å²) in [6.07, 6.45) is 1.47. The number of ether oxygens (including phenoxy) is 1. The molecular formula is C15H17N3O2. The van der Waals surface area contributed by atoms with Gasteiger partial charge in [-0.25, -0.2) is 9.78 Å². The Labute approximate surface area is 118 Å². The van der Waals surface area contributed by atoms with Crippen LogP contribution < -0.4 is 10.6 Å². The zero-order valence-electron chi connectivity index (χ0n) is 11.8. The lowest BCUT2D eigenvalue weighted by Gasteiger charge is -2.21. The number of hydrogen-bond acceptors (Lipinski definition) is 5. The molecule has 1 aromatic carbocycles. The lowest BCUT2D eigenvalue weighted by atomic mass is 10.1. The van der Waals surface area contributed by atoms with Crippen LogP contribution in [0.5, 0.6) is 0 Å². The molecular weight excluding hydrogens is 254 g/mol. The fraction of sp³-hybridized carbons (Fsp3) is 0.200. The maximum absolute atomic E-state index is 11.7. The average Bonchev–Trinajstić information content (AvgIpc) is 2.47. The fourth-order valence-corrected chi connectivity index (χ4v) is 1.99. The first kappa shape index (κ1) is 13.9. The van der Waals surface area contributed by atoms with E-state index in [-0.39, 0.29) is 0 Å². The molecule has 0 spiro atoms. The van der Waals surface area contributed by atoms with Crippen molar-refractivity contribution >= 4 is 23.2 Å². The van der Waals surface area contributed by atoms with Crippen molar-refractivity contribution in [3.8, 4) is 0 Å². The second-order valence-electron chi connectivity index (χ2n) is 4.47. The molecule has 0 unspecified atom stereocenters. The number of methoxy groups -OCH3 is 1. The number of pyridine rings is 1. The summed E-state index contributed by atoms with van der Waals surface area (Å²) < 4.78 is 4.72. The molecule has 0 saturated carbocycles. The molecule has 104 valence electrons. The number of esters is 1. The molecule has 0 saturated heterocycles. The SMILES string of the molecule is COC(=O)c1cc(N(C)c2ccccc2C)ncc1N. The maximum Gasteiger partial charge on any atom is 0.340 e. The molecule has 5 nitrogen and oxygen atoms in total. The van der Waals surface area contributed by atoms with Gasteiger partial charge in [-0.2, -0.15) is 0 Å². The number of anilines is 3. The van der Waals surface area contributed by atoms with Crippen molar-refractivity contribution in [3.05, 3.63) is 47.7 Å². The summed E-state index contributed by atoms with van der Waals surface area (Å²) in [6, 6.07) is 9.57. The third-order valence-corrected chi connectivity index (χ3v) is 3.15. The molecule has 0 radical (unpaired) electrons. The summed E-state index contributed by atoms with van der Waals surface area (Å²) in [7, 11) is 3.22.